The summed E-state index contributed by atoms with van der Waals surface area (Å²) >= 11 is 7.37. The Kier molecular flexibility index (Phi) is 6.29. The fourth-order valence-electron chi connectivity index (χ4n) is 3.48. The number of non-ortho nitro benzene ring substituents is 1. The van der Waals surface area contributed by atoms with Gasteiger partial charge in [0.25, 0.3) is 11.6 Å². The first-order valence-corrected chi connectivity index (χ1v) is 11.1. The van der Waals surface area contributed by atoms with Gasteiger partial charge in [0, 0.05) is 23.6 Å². The molecule has 2 aliphatic heterocycles. The van der Waals surface area contributed by atoms with Gasteiger partial charge in [-0.25, -0.2) is 4.79 Å². The number of carbonyl (C=O) groups excluding carboxylic acids is 2. The fourth-order valence-corrected chi connectivity index (χ4v) is 4.94. The largest absolute Gasteiger partial charge is 0.459 e. The van der Waals surface area contributed by atoms with E-state index in [0.29, 0.717) is 11.1 Å². The average molecular weight is 472 g/mol. The number of amides is 1. The lowest BCUT2D eigenvalue weighted by molar-refractivity contribution is -0.384. The van der Waals surface area contributed by atoms with Crippen molar-refractivity contribution in [2.75, 3.05) is 5.88 Å². The average Bonchev–Trinajstić information content (AvgIpc) is 3.21. The number of fused-ring (bicyclic) bond motifs is 1. The predicted molar refractivity (Wildman–Crippen MR) is 122 cm³/mol. The van der Waals surface area contributed by atoms with E-state index in [1.807, 2.05) is 30.3 Å². The van der Waals surface area contributed by atoms with Crippen molar-refractivity contribution in [3.63, 3.8) is 0 Å². The Bertz CT molecular complexity index is 1110. The van der Waals surface area contributed by atoms with Gasteiger partial charge in [0.2, 0.25) is 0 Å². The monoisotopic (exact) mass is 471 g/mol. The first-order valence-electron chi connectivity index (χ1n) is 9.66. The molecule has 32 heavy (non-hydrogen) atoms. The van der Waals surface area contributed by atoms with E-state index in [4.69, 9.17) is 16.3 Å². The molecule has 2 aromatic carbocycles. The first kappa shape index (κ1) is 22.0. The second kappa shape index (κ2) is 9.13. The van der Waals surface area contributed by atoms with Crippen LogP contribution in [-0.4, -0.2) is 50.1 Å². The van der Waals surface area contributed by atoms with Gasteiger partial charge in [-0.15, -0.1) is 11.6 Å². The van der Waals surface area contributed by atoms with Crippen LogP contribution in [0, 0.1) is 10.1 Å². The van der Waals surface area contributed by atoms with E-state index in [-0.39, 0.29) is 29.5 Å². The molecule has 1 saturated heterocycles. The molecule has 2 aromatic rings. The molecule has 0 aliphatic carbocycles. The summed E-state index contributed by atoms with van der Waals surface area (Å²) < 4.78 is 5.41. The number of β-lactam (4-membered cyclic amide) rings is 1. The standard InChI is InChI=1S/C22H18ClN3O5S/c1-13(11-23)18(22(28)31-12-14-7-9-16(10-8-14)26(29)30)25-20(27)17-21(25)32-19(24-17)15-5-3-2-4-6-15/h2-10,17-18,21H,1,11-12H2. The number of aliphatic imine (C=N–C) groups is 1. The maximum absolute atomic E-state index is 12.9. The van der Waals surface area contributed by atoms with Gasteiger partial charge in [-0.05, 0) is 23.3 Å². The Morgan fingerprint density at radius 3 is 2.56 bits per heavy atom. The lowest BCUT2D eigenvalue weighted by Gasteiger charge is -2.45. The van der Waals surface area contributed by atoms with Gasteiger partial charge in [-0.3, -0.25) is 19.9 Å². The van der Waals surface area contributed by atoms with Crippen molar-refractivity contribution in [2.45, 2.75) is 24.1 Å². The van der Waals surface area contributed by atoms with Crippen molar-refractivity contribution < 1.29 is 19.2 Å². The molecule has 8 nitrogen and oxygen atoms in total. The molecule has 3 unspecified atom stereocenters. The summed E-state index contributed by atoms with van der Waals surface area (Å²) in [5.41, 5.74) is 1.78. The van der Waals surface area contributed by atoms with Crippen LogP contribution >= 0.6 is 23.4 Å². The zero-order valence-corrected chi connectivity index (χ0v) is 18.3. The van der Waals surface area contributed by atoms with Crippen LogP contribution in [0.15, 0.2) is 71.7 Å². The van der Waals surface area contributed by atoms with Gasteiger partial charge in [-0.1, -0.05) is 48.7 Å². The molecule has 164 valence electrons. The Morgan fingerprint density at radius 2 is 1.94 bits per heavy atom. The summed E-state index contributed by atoms with van der Waals surface area (Å²) in [5.74, 6) is -0.957. The Hall–Kier alpha value is -3.17. The van der Waals surface area contributed by atoms with E-state index in [9.17, 15) is 19.7 Å². The van der Waals surface area contributed by atoms with Crippen molar-refractivity contribution in [1.82, 2.24) is 4.90 Å². The van der Waals surface area contributed by atoms with Gasteiger partial charge in [0.15, 0.2) is 12.1 Å². The second-order valence-electron chi connectivity index (χ2n) is 7.22. The lowest BCUT2D eigenvalue weighted by Crippen LogP contribution is -2.66. The molecule has 0 radical (unpaired) electrons. The highest BCUT2D eigenvalue weighted by atomic mass is 35.5. The molecule has 10 heteroatoms. The van der Waals surface area contributed by atoms with E-state index < -0.39 is 23.0 Å². The minimum Gasteiger partial charge on any atom is -0.459 e. The third-order valence-electron chi connectivity index (χ3n) is 5.15. The van der Waals surface area contributed by atoms with E-state index in [1.165, 1.54) is 40.9 Å². The van der Waals surface area contributed by atoms with Crippen LogP contribution in [0.2, 0.25) is 0 Å². The predicted octanol–water partition coefficient (Wildman–Crippen LogP) is 3.53. The lowest BCUT2D eigenvalue weighted by atomic mass is 10.00. The Labute approximate surface area is 193 Å². The second-order valence-corrected chi connectivity index (χ2v) is 8.60. The van der Waals surface area contributed by atoms with Crippen LogP contribution in [0.25, 0.3) is 0 Å². The van der Waals surface area contributed by atoms with Crippen molar-refractivity contribution in [3.05, 3.63) is 88.0 Å². The van der Waals surface area contributed by atoms with Crippen LogP contribution in [0.1, 0.15) is 11.1 Å². The third kappa shape index (κ3) is 4.13. The zero-order valence-electron chi connectivity index (χ0n) is 16.7. The van der Waals surface area contributed by atoms with E-state index in [1.54, 1.807) is 0 Å². The number of alkyl halides is 1. The normalized spacial score (nSPS) is 20.1. The number of nitro groups is 1. The molecular formula is C22H18ClN3O5S. The Morgan fingerprint density at radius 1 is 1.25 bits per heavy atom. The van der Waals surface area contributed by atoms with Crippen LogP contribution in [-0.2, 0) is 20.9 Å². The number of halogens is 1. The summed E-state index contributed by atoms with van der Waals surface area (Å²) in [7, 11) is 0. The summed E-state index contributed by atoms with van der Waals surface area (Å²) in [6.45, 7) is 3.76. The van der Waals surface area contributed by atoms with Gasteiger partial charge in [0.1, 0.15) is 17.0 Å². The van der Waals surface area contributed by atoms with Gasteiger partial charge in [0.05, 0.1) is 4.92 Å². The Balaban J connectivity index is 1.46. The SMILES string of the molecule is C=C(CCl)C(C(=O)OCc1ccc([N+](=O)[O-])cc1)N1C(=O)C2N=C(c3ccccc3)SC21. The number of thioether (sulfide) groups is 1. The molecule has 0 spiro atoms. The summed E-state index contributed by atoms with van der Waals surface area (Å²) in [5, 5.41) is 11.2. The summed E-state index contributed by atoms with van der Waals surface area (Å²) in [4.78, 5) is 41.9. The molecule has 4 rings (SSSR count). The first-order chi connectivity index (χ1) is 15.4. The topological polar surface area (TPSA) is 102 Å². The van der Waals surface area contributed by atoms with Crippen molar-refractivity contribution >= 4 is 46.0 Å². The molecule has 2 heterocycles. The number of esters is 1. The number of nitro benzene ring substituents is 1. The van der Waals surface area contributed by atoms with Crippen LogP contribution in [0.3, 0.4) is 0 Å². The van der Waals surface area contributed by atoms with Crippen LogP contribution in [0.5, 0.6) is 0 Å². The van der Waals surface area contributed by atoms with Crippen molar-refractivity contribution in [1.29, 1.82) is 0 Å². The minimum absolute atomic E-state index is 0.0183. The molecule has 0 bridgehead atoms. The number of hydrogen-bond donors (Lipinski definition) is 0. The molecule has 0 saturated carbocycles. The van der Waals surface area contributed by atoms with E-state index in [2.05, 4.69) is 11.6 Å². The molecule has 0 N–H and O–H groups in total. The number of ether oxygens (including phenoxy) is 1. The van der Waals surface area contributed by atoms with Crippen molar-refractivity contribution in [2.24, 2.45) is 4.99 Å². The highest BCUT2D eigenvalue weighted by Crippen LogP contribution is 2.43. The smallest absolute Gasteiger partial charge is 0.333 e. The van der Waals surface area contributed by atoms with Gasteiger partial charge >= 0.3 is 5.97 Å². The number of rotatable bonds is 8. The van der Waals surface area contributed by atoms with Gasteiger partial charge < -0.3 is 9.64 Å². The number of carbonyl (C=O) groups is 2. The van der Waals surface area contributed by atoms with Gasteiger partial charge in [-0.2, -0.15) is 0 Å². The van der Waals surface area contributed by atoms with E-state index >= 15 is 0 Å². The van der Waals surface area contributed by atoms with Crippen LogP contribution in [0.4, 0.5) is 5.69 Å². The molecule has 1 fully saturated rings. The molecule has 1 amide bonds. The van der Waals surface area contributed by atoms with Crippen molar-refractivity contribution in [3.8, 4) is 0 Å². The number of nitrogens with zero attached hydrogens (tertiary/aromatic N) is 3. The van der Waals surface area contributed by atoms with Crippen LogP contribution < -0.4 is 0 Å². The summed E-state index contributed by atoms with van der Waals surface area (Å²) in [6, 6.07) is 13.6. The third-order valence-corrected chi connectivity index (χ3v) is 6.78. The molecular weight excluding hydrogens is 454 g/mol. The quantitative estimate of drug-likeness (QED) is 0.146. The number of likely N-dealkylation sites (tertiary alicyclic amines) is 1. The molecule has 2 aliphatic rings. The molecule has 3 atom stereocenters. The maximum atomic E-state index is 12.9. The highest BCUT2D eigenvalue weighted by Gasteiger charge is 2.57. The maximum Gasteiger partial charge on any atom is 0.333 e. The zero-order chi connectivity index (χ0) is 22.8. The minimum atomic E-state index is -1.03. The number of hydrogen-bond acceptors (Lipinski definition) is 7. The number of benzene rings is 2. The fraction of sp³-hybridized carbons (Fsp3) is 0.227. The van der Waals surface area contributed by atoms with E-state index in [0.717, 1.165) is 10.6 Å². The highest BCUT2D eigenvalue weighted by molar-refractivity contribution is 8.15. The molecule has 0 aromatic heterocycles. The summed E-state index contributed by atoms with van der Waals surface area (Å²) in [6.07, 6.45) is 0.